The summed E-state index contributed by atoms with van der Waals surface area (Å²) in [6, 6.07) is 7.37. The zero-order valence-electron chi connectivity index (χ0n) is 13.2. The average Bonchev–Trinajstić information content (AvgIpc) is 2.60. The second kappa shape index (κ2) is 7.23. The number of carbonyl (C=O) groups excluding carboxylic acids is 2. The molecule has 0 spiro atoms. The van der Waals surface area contributed by atoms with Crippen molar-refractivity contribution in [1.82, 2.24) is 10.2 Å². The molecule has 1 fully saturated rings. The maximum atomic E-state index is 12.8. The number of thioether (sulfide) groups is 1. The fourth-order valence-corrected chi connectivity index (χ4v) is 3.78. The molecule has 1 saturated heterocycles. The van der Waals surface area contributed by atoms with Crippen LogP contribution in [0.4, 0.5) is 5.69 Å². The Morgan fingerprint density at radius 2 is 2.04 bits per heavy atom. The van der Waals surface area contributed by atoms with Crippen LogP contribution < -0.4 is 15.0 Å². The van der Waals surface area contributed by atoms with Gasteiger partial charge < -0.3 is 15.0 Å². The minimum absolute atomic E-state index is 0.0153. The molecule has 1 unspecified atom stereocenters. The number of likely N-dealkylation sites (N-methyl/N-ethyl adjacent to an activating group) is 1. The largest absolute Gasteiger partial charge is 0.477 e. The molecule has 7 heteroatoms. The molecule has 0 saturated carbocycles. The van der Waals surface area contributed by atoms with Crippen LogP contribution in [-0.2, 0) is 9.59 Å². The van der Waals surface area contributed by atoms with Gasteiger partial charge in [0.1, 0.15) is 5.75 Å². The highest BCUT2D eigenvalue weighted by atomic mass is 32.2. The number of para-hydroxylation sites is 2. The lowest BCUT2D eigenvalue weighted by molar-refractivity contribution is -0.128. The summed E-state index contributed by atoms with van der Waals surface area (Å²) < 4.78 is 5.73. The van der Waals surface area contributed by atoms with Gasteiger partial charge in [-0.2, -0.15) is 11.8 Å². The summed E-state index contributed by atoms with van der Waals surface area (Å²) in [6.45, 7) is 2.50. The Bertz CT molecular complexity index is 590. The number of nitrogens with zero attached hydrogens (tertiary/aromatic N) is 2. The van der Waals surface area contributed by atoms with E-state index < -0.39 is 6.10 Å². The van der Waals surface area contributed by atoms with Crippen LogP contribution in [0.1, 0.15) is 0 Å². The third-order valence-electron chi connectivity index (χ3n) is 4.08. The smallest absolute Gasteiger partial charge is 0.262 e. The van der Waals surface area contributed by atoms with E-state index in [1.165, 1.54) is 0 Å². The highest BCUT2D eigenvalue weighted by Gasteiger charge is 2.33. The van der Waals surface area contributed by atoms with Crippen LogP contribution in [0, 0.1) is 0 Å². The maximum absolute atomic E-state index is 12.8. The number of ether oxygens (including phenoxy) is 1. The number of nitrogens with one attached hydrogen (secondary N) is 1. The molecule has 0 radical (unpaired) electrons. The molecule has 6 nitrogen and oxygen atoms in total. The molecule has 2 aliphatic heterocycles. The van der Waals surface area contributed by atoms with E-state index in [0.717, 1.165) is 30.3 Å². The Kier molecular flexibility index (Phi) is 5.07. The molecule has 1 atom stereocenters. The summed E-state index contributed by atoms with van der Waals surface area (Å²) in [6.07, 6.45) is -0.671. The summed E-state index contributed by atoms with van der Waals surface area (Å²) in [5.74, 6) is 2.50. The lowest BCUT2D eigenvalue weighted by Crippen LogP contribution is -2.52. The summed E-state index contributed by atoms with van der Waals surface area (Å²) >= 11 is 1.92. The molecule has 124 valence electrons. The number of amides is 2. The van der Waals surface area contributed by atoms with Crippen LogP contribution in [0.5, 0.6) is 5.75 Å². The monoisotopic (exact) mass is 335 g/mol. The van der Waals surface area contributed by atoms with Gasteiger partial charge in [-0.1, -0.05) is 12.1 Å². The number of hydrogen-bond acceptors (Lipinski definition) is 5. The van der Waals surface area contributed by atoms with Crippen LogP contribution in [0.15, 0.2) is 24.3 Å². The van der Waals surface area contributed by atoms with Gasteiger partial charge in [-0.15, -0.1) is 0 Å². The Labute approximate surface area is 140 Å². The van der Waals surface area contributed by atoms with E-state index in [2.05, 4.69) is 10.2 Å². The molecule has 0 bridgehead atoms. The summed E-state index contributed by atoms with van der Waals surface area (Å²) in [5, 5.41) is 2.59. The van der Waals surface area contributed by atoms with E-state index in [0.29, 0.717) is 12.3 Å². The normalized spacial score (nSPS) is 21.3. The second-order valence-electron chi connectivity index (χ2n) is 5.58. The summed E-state index contributed by atoms with van der Waals surface area (Å²) in [5.41, 5.74) is 0.740. The molecule has 0 aliphatic carbocycles. The first-order valence-electron chi connectivity index (χ1n) is 7.77. The summed E-state index contributed by atoms with van der Waals surface area (Å²) in [4.78, 5) is 28.6. The van der Waals surface area contributed by atoms with Crippen molar-refractivity contribution in [2.75, 3.05) is 49.6 Å². The fraction of sp³-hybridized carbons (Fsp3) is 0.500. The lowest BCUT2D eigenvalue weighted by atomic mass is 10.1. The van der Waals surface area contributed by atoms with E-state index >= 15 is 0 Å². The number of fused-ring (bicyclic) bond motifs is 1. The third kappa shape index (κ3) is 3.61. The standard InChI is InChI=1S/C16H21N3O3S/c1-17-16(21)14-10-19(12-4-2-3-5-13(12)22-14)15(20)11-18-6-8-23-9-7-18/h2-5,14H,6-11H2,1H3,(H,17,21). The van der Waals surface area contributed by atoms with Crippen LogP contribution >= 0.6 is 11.8 Å². The van der Waals surface area contributed by atoms with Gasteiger partial charge in [0.2, 0.25) is 5.91 Å². The first-order chi connectivity index (χ1) is 11.2. The number of hydrogen-bond donors (Lipinski definition) is 1. The Morgan fingerprint density at radius 3 is 2.78 bits per heavy atom. The van der Waals surface area contributed by atoms with Gasteiger partial charge in [0.05, 0.1) is 18.8 Å². The van der Waals surface area contributed by atoms with Gasteiger partial charge in [-0.05, 0) is 12.1 Å². The molecule has 1 aromatic rings. The molecule has 1 N–H and O–H groups in total. The van der Waals surface area contributed by atoms with Gasteiger partial charge in [0, 0.05) is 31.6 Å². The van der Waals surface area contributed by atoms with Crippen molar-refractivity contribution in [2.45, 2.75) is 6.10 Å². The first-order valence-corrected chi connectivity index (χ1v) is 8.92. The van der Waals surface area contributed by atoms with Gasteiger partial charge in [-0.3, -0.25) is 14.5 Å². The van der Waals surface area contributed by atoms with E-state index in [4.69, 9.17) is 4.74 Å². The van der Waals surface area contributed by atoms with Crippen LogP contribution in [-0.4, -0.2) is 67.6 Å². The quantitative estimate of drug-likeness (QED) is 0.875. The van der Waals surface area contributed by atoms with Crippen molar-refractivity contribution in [3.63, 3.8) is 0 Å². The molecule has 0 aromatic heterocycles. The Balaban J connectivity index is 1.78. The highest BCUT2D eigenvalue weighted by molar-refractivity contribution is 7.99. The number of anilines is 1. The molecular weight excluding hydrogens is 314 g/mol. The van der Waals surface area contributed by atoms with Crippen molar-refractivity contribution in [3.05, 3.63) is 24.3 Å². The zero-order chi connectivity index (χ0) is 16.2. The molecule has 2 heterocycles. The van der Waals surface area contributed by atoms with Crippen molar-refractivity contribution < 1.29 is 14.3 Å². The molecule has 2 amide bonds. The van der Waals surface area contributed by atoms with Crippen LogP contribution in [0.2, 0.25) is 0 Å². The van der Waals surface area contributed by atoms with Gasteiger partial charge in [0.15, 0.2) is 6.10 Å². The minimum Gasteiger partial charge on any atom is -0.477 e. The SMILES string of the molecule is CNC(=O)C1CN(C(=O)CN2CCSCC2)c2ccccc2O1. The van der Waals surface area contributed by atoms with Crippen LogP contribution in [0.25, 0.3) is 0 Å². The van der Waals surface area contributed by atoms with Crippen molar-refractivity contribution in [2.24, 2.45) is 0 Å². The van der Waals surface area contributed by atoms with Crippen LogP contribution in [0.3, 0.4) is 0 Å². The number of rotatable bonds is 3. The minimum atomic E-state index is -0.671. The fourth-order valence-electron chi connectivity index (χ4n) is 2.80. The summed E-state index contributed by atoms with van der Waals surface area (Å²) in [7, 11) is 1.57. The molecule has 23 heavy (non-hydrogen) atoms. The number of carbonyl (C=O) groups is 2. The Hall–Kier alpha value is -1.73. The van der Waals surface area contributed by atoms with Crippen molar-refractivity contribution >= 4 is 29.3 Å². The zero-order valence-corrected chi connectivity index (χ0v) is 14.0. The lowest BCUT2D eigenvalue weighted by Gasteiger charge is -2.35. The average molecular weight is 335 g/mol. The highest BCUT2D eigenvalue weighted by Crippen LogP contribution is 2.33. The maximum Gasteiger partial charge on any atom is 0.262 e. The van der Waals surface area contributed by atoms with Crippen molar-refractivity contribution in [3.8, 4) is 5.75 Å². The van der Waals surface area contributed by atoms with E-state index in [1.54, 1.807) is 18.0 Å². The molecule has 3 rings (SSSR count). The van der Waals surface area contributed by atoms with Gasteiger partial charge in [-0.25, -0.2) is 0 Å². The van der Waals surface area contributed by atoms with Crippen molar-refractivity contribution in [1.29, 1.82) is 0 Å². The predicted molar refractivity (Wildman–Crippen MR) is 91.0 cm³/mol. The third-order valence-corrected chi connectivity index (χ3v) is 5.02. The first kappa shape index (κ1) is 16.1. The Morgan fingerprint density at radius 1 is 1.30 bits per heavy atom. The molecular formula is C16H21N3O3S. The van der Waals surface area contributed by atoms with E-state index in [-0.39, 0.29) is 18.4 Å². The predicted octanol–water partition coefficient (Wildman–Crippen LogP) is 0.575. The van der Waals surface area contributed by atoms with Gasteiger partial charge in [0.25, 0.3) is 5.91 Å². The molecule has 2 aliphatic rings. The second-order valence-corrected chi connectivity index (χ2v) is 6.81. The van der Waals surface area contributed by atoms with E-state index in [9.17, 15) is 9.59 Å². The topological polar surface area (TPSA) is 61.9 Å². The molecule has 1 aromatic carbocycles. The number of benzene rings is 1. The van der Waals surface area contributed by atoms with Gasteiger partial charge >= 0.3 is 0 Å². The van der Waals surface area contributed by atoms with E-state index in [1.807, 2.05) is 30.0 Å².